The van der Waals surface area contributed by atoms with Gasteiger partial charge < -0.3 is 10.1 Å². The van der Waals surface area contributed by atoms with E-state index in [1.54, 1.807) is 0 Å². The zero-order valence-corrected chi connectivity index (χ0v) is 12.0. The van der Waals surface area contributed by atoms with Crippen LogP contribution in [0.15, 0.2) is 6.07 Å². The zero-order chi connectivity index (χ0) is 13.8. The van der Waals surface area contributed by atoms with E-state index in [0.717, 1.165) is 18.7 Å². The lowest BCUT2D eigenvalue weighted by atomic mass is 10.1. The van der Waals surface area contributed by atoms with Crippen molar-refractivity contribution in [3.05, 3.63) is 17.5 Å². The minimum absolute atomic E-state index is 0.0425. The Labute approximate surface area is 114 Å². The van der Waals surface area contributed by atoms with Crippen molar-refractivity contribution in [3.63, 3.8) is 0 Å². The van der Waals surface area contributed by atoms with Gasteiger partial charge in [0, 0.05) is 25.4 Å². The topological polar surface area (TPSA) is 56.2 Å². The molecule has 2 heterocycles. The minimum Gasteiger partial charge on any atom is -0.381 e. The lowest BCUT2D eigenvalue weighted by Crippen LogP contribution is -2.35. The summed E-state index contributed by atoms with van der Waals surface area (Å²) < 4.78 is 7.23. The zero-order valence-electron chi connectivity index (χ0n) is 12.0. The SMILES string of the molecule is Cc1cc(C)n(CC(C)CNC(=O)C2CCOC2)n1. The van der Waals surface area contributed by atoms with Crippen molar-refractivity contribution in [2.45, 2.75) is 33.7 Å². The molecule has 1 amide bonds. The van der Waals surface area contributed by atoms with Gasteiger partial charge in [-0.25, -0.2) is 0 Å². The Morgan fingerprint density at radius 1 is 1.63 bits per heavy atom. The Morgan fingerprint density at radius 3 is 3.00 bits per heavy atom. The molecule has 19 heavy (non-hydrogen) atoms. The Hall–Kier alpha value is -1.36. The van der Waals surface area contributed by atoms with Gasteiger partial charge in [-0.15, -0.1) is 0 Å². The summed E-state index contributed by atoms with van der Waals surface area (Å²) in [5, 5.41) is 7.45. The van der Waals surface area contributed by atoms with Crippen LogP contribution in [0.2, 0.25) is 0 Å². The molecule has 0 radical (unpaired) electrons. The van der Waals surface area contributed by atoms with Gasteiger partial charge in [0.15, 0.2) is 0 Å². The number of nitrogens with zero attached hydrogens (tertiary/aromatic N) is 2. The molecule has 2 rings (SSSR count). The van der Waals surface area contributed by atoms with Crippen LogP contribution in [0.3, 0.4) is 0 Å². The molecule has 1 fully saturated rings. The largest absolute Gasteiger partial charge is 0.381 e. The maximum atomic E-state index is 11.9. The van der Waals surface area contributed by atoms with E-state index >= 15 is 0 Å². The number of carbonyl (C=O) groups excluding carboxylic acids is 1. The van der Waals surface area contributed by atoms with Gasteiger partial charge in [0.1, 0.15) is 0 Å². The first-order chi connectivity index (χ1) is 9.06. The van der Waals surface area contributed by atoms with Gasteiger partial charge in [0.2, 0.25) is 5.91 Å². The molecule has 0 saturated carbocycles. The Morgan fingerprint density at radius 2 is 2.42 bits per heavy atom. The van der Waals surface area contributed by atoms with Crippen molar-refractivity contribution in [1.29, 1.82) is 0 Å². The molecule has 5 nitrogen and oxygen atoms in total. The van der Waals surface area contributed by atoms with Gasteiger partial charge in [0.25, 0.3) is 0 Å². The lowest BCUT2D eigenvalue weighted by Gasteiger charge is -2.15. The average Bonchev–Trinajstić information content (AvgIpc) is 2.97. The number of rotatable bonds is 5. The molecule has 5 heteroatoms. The smallest absolute Gasteiger partial charge is 0.225 e. The molecule has 106 valence electrons. The van der Waals surface area contributed by atoms with Crippen LogP contribution in [-0.4, -0.2) is 35.4 Å². The molecule has 1 aromatic heterocycles. The second-order valence-corrected chi connectivity index (χ2v) is 5.52. The van der Waals surface area contributed by atoms with E-state index in [0.29, 0.717) is 25.7 Å². The Kier molecular flexibility index (Phi) is 4.58. The molecular formula is C14H23N3O2. The number of aromatic nitrogens is 2. The fraction of sp³-hybridized carbons (Fsp3) is 0.714. The van der Waals surface area contributed by atoms with Crippen molar-refractivity contribution in [3.8, 4) is 0 Å². The van der Waals surface area contributed by atoms with Crippen LogP contribution in [0, 0.1) is 25.7 Å². The van der Waals surface area contributed by atoms with Crippen molar-refractivity contribution < 1.29 is 9.53 Å². The number of nitrogens with one attached hydrogen (secondary N) is 1. The third-order valence-corrected chi connectivity index (χ3v) is 3.51. The highest BCUT2D eigenvalue weighted by Crippen LogP contribution is 2.12. The lowest BCUT2D eigenvalue weighted by molar-refractivity contribution is -0.125. The molecule has 0 aliphatic carbocycles. The van der Waals surface area contributed by atoms with Gasteiger partial charge in [-0.2, -0.15) is 5.10 Å². The van der Waals surface area contributed by atoms with E-state index in [1.165, 1.54) is 5.69 Å². The number of amides is 1. The summed E-state index contributed by atoms with van der Waals surface area (Å²) in [4.78, 5) is 11.9. The molecule has 1 aromatic rings. The standard InChI is InChI=1S/C14H23N3O2/c1-10(8-17-12(3)6-11(2)16-17)7-15-14(18)13-4-5-19-9-13/h6,10,13H,4-5,7-9H2,1-3H3,(H,15,18). The maximum Gasteiger partial charge on any atom is 0.225 e. The summed E-state index contributed by atoms with van der Waals surface area (Å²) in [5.74, 6) is 0.530. The van der Waals surface area contributed by atoms with E-state index in [-0.39, 0.29) is 11.8 Å². The fourth-order valence-electron chi connectivity index (χ4n) is 2.38. The first-order valence-electron chi connectivity index (χ1n) is 6.92. The number of ether oxygens (including phenoxy) is 1. The summed E-state index contributed by atoms with van der Waals surface area (Å²) in [6.07, 6.45) is 0.845. The van der Waals surface area contributed by atoms with Crippen LogP contribution in [0.4, 0.5) is 0 Å². The third-order valence-electron chi connectivity index (χ3n) is 3.51. The summed E-state index contributed by atoms with van der Waals surface area (Å²) in [6.45, 7) is 8.98. The summed E-state index contributed by atoms with van der Waals surface area (Å²) >= 11 is 0. The highest BCUT2D eigenvalue weighted by atomic mass is 16.5. The molecule has 2 atom stereocenters. The third kappa shape index (κ3) is 3.80. The number of hydrogen-bond donors (Lipinski definition) is 1. The molecule has 1 saturated heterocycles. The summed E-state index contributed by atoms with van der Waals surface area (Å²) in [5.41, 5.74) is 2.21. The van der Waals surface area contributed by atoms with Crippen LogP contribution in [-0.2, 0) is 16.1 Å². The molecule has 2 unspecified atom stereocenters. The predicted molar refractivity (Wildman–Crippen MR) is 72.8 cm³/mol. The highest BCUT2D eigenvalue weighted by Gasteiger charge is 2.23. The van der Waals surface area contributed by atoms with E-state index in [1.807, 2.05) is 11.6 Å². The normalized spacial score (nSPS) is 20.5. The van der Waals surface area contributed by atoms with Gasteiger partial charge in [0.05, 0.1) is 18.2 Å². The number of aryl methyl sites for hydroxylation is 2. The van der Waals surface area contributed by atoms with Gasteiger partial charge in [-0.05, 0) is 32.3 Å². The first-order valence-corrected chi connectivity index (χ1v) is 6.92. The quantitative estimate of drug-likeness (QED) is 0.872. The molecule has 1 N–H and O–H groups in total. The minimum atomic E-state index is 0.0425. The van der Waals surface area contributed by atoms with Crippen molar-refractivity contribution in [2.24, 2.45) is 11.8 Å². The Balaban J connectivity index is 1.76. The average molecular weight is 265 g/mol. The molecular weight excluding hydrogens is 242 g/mol. The Bertz CT molecular complexity index is 436. The summed E-state index contributed by atoms with van der Waals surface area (Å²) in [6, 6.07) is 2.07. The second kappa shape index (κ2) is 6.19. The van der Waals surface area contributed by atoms with Gasteiger partial charge >= 0.3 is 0 Å². The van der Waals surface area contributed by atoms with Crippen molar-refractivity contribution in [1.82, 2.24) is 15.1 Å². The first kappa shape index (κ1) is 14.1. The predicted octanol–water partition coefficient (Wildman–Crippen LogP) is 1.29. The molecule has 0 spiro atoms. The van der Waals surface area contributed by atoms with Crippen molar-refractivity contribution >= 4 is 5.91 Å². The maximum absolute atomic E-state index is 11.9. The summed E-state index contributed by atoms with van der Waals surface area (Å²) in [7, 11) is 0. The van der Waals surface area contributed by atoms with Crippen LogP contribution in [0.1, 0.15) is 24.7 Å². The van der Waals surface area contributed by atoms with Crippen LogP contribution >= 0.6 is 0 Å². The molecule has 0 aromatic carbocycles. The van der Waals surface area contributed by atoms with Crippen LogP contribution in [0.25, 0.3) is 0 Å². The molecule has 0 bridgehead atoms. The van der Waals surface area contributed by atoms with Gasteiger partial charge in [-0.1, -0.05) is 6.92 Å². The van der Waals surface area contributed by atoms with Gasteiger partial charge in [-0.3, -0.25) is 9.48 Å². The van der Waals surface area contributed by atoms with E-state index in [4.69, 9.17) is 4.74 Å². The fourth-order valence-corrected chi connectivity index (χ4v) is 2.38. The molecule has 1 aliphatic rings. The highest BCUT2D eigenvalue weighted by molar-refractivity contribution is 5.78. The van der Waals surface area contributed by atoms with E-state index in [2.05, 4.69) is 30.3 Å². The molecule has 1 aliphatic heterocycles. The number of hydrogen-bond acceptors (Lipinski definition) is 3. The second-order valence-electron chi connectivity index (χ2n) is 5.52. The van der Waals surface area contributed by atoms with Crippen molar-refractivity contribution in [2.75, 3.05) is 19.8 Å². The van der Waals surface area contributed by atoms with Crippen LogP contribution in [0.5, 0.6) is 0 Å². The van der Waals surface area contributed by atoms with Crippen LogP contribution < -0.4 is 5.32 Å². The number of carbonyl (C=O) groups is 1. The van der Waals surface area contributed by atoms with E-state index < -0.39 is 0 Å². The van der Waals surface area contributed by atoms with E-state index in [9.17, 15) is 4.79 Å². The monoisotopic (exact) mass is 265 g/mol.